The molecular formula is C101H154N4O27S. The van der Waals surface area contributed by atoms with Crippen LogP contribution in [0.4, 0.5) is 5.82 Å². The number of rotatable bonds is 40. The van der Waals surface area contributed by atoms with Gasteiger partial charge in [-0.05, 0) is 193 Å². The number of carbonyl (C=O) groups is 8. The molecule has 133 heavy (non-hydrogen) atoms. The Morgan fingerprint density at radius 1 is 0.669 bits per heavy atom. The van der Waals surface area contributed by atoms with Gasteiger partial charge in [-0.25, -0.2) is 18.2 Å². The number of aliphatic hydroxyl groups is 2. The Morgan fingerprint density at radius 3 is 1.93 bits per heavy atom. The number of aromatic nitrogens is 1. The highest BCUT2D eigenvalue weighted by atomic mass is 32.2. The second-order valence-electron chi connectivity index (χ2n) is 35.4. The van der Waals surface area contributed by atoms with Crippen LogP contribution in [0.5, 0.6) is 5.75 Å². The number of Topliss-reactive ketones (excluding diaryl/α,β-unsaturated/α-hetero) is 4. The number of esters is 2. The molecule has 1 aromatic heterocycles. The van der Waals surface area contributed by atoms with Gasteiger partial charge in [0, 0.05) is 141 Å². The molecule has 5 heterocycles. The molecule has 5 aliphatic rings. The van der Waals surface area contributed by atoms with Gasteiger partial charge in [0.25, 0.3) is 17.6 Å². The first-order chi connectivity index (χ1) is 63.8. The third-order valence-corrected chi connectivity index (χ3v) is 26.5. The van der Waals surface area contributed by atoms with Crippen LogP contribution in [0.3, 0.4) is 0 Å². The van der Waals surface area contributed by atoms with Crippen LogP contribution in [0.15, 0.2) is 107 Å². The number of piperidine rings is 1. The molecule has 2 aromatic carbocycles. The number of nitrogens with two attached hydrogens (primary N) is 1. The normalized spacial score (nSPS) is 26.1. The number of ether oxygens (including phenoxy) is 15. The van der Waals surface area contributed by atoms with Crippen LogP contribution in [-0.2, 0) is 116 Å². The van der Waals surface area contributed by atoms with E-state index in [1.165, 1.54) is 31.3 Å². The third kappa shape index (κ3) is 38.5. The summed E-state index contributed by atoms with van der Waals surface area (Å²) in [4.78, 5) is 116. The molecule has 0 unspecified atom stereocenters. The van der Waals surface area contributed by atoms with Crippen molar-refractivity contribution < 1.29 is 128 Å². The summed E-state index contributed by atoms with van der Waals surface area (Å²) in [5.74, 6) is -7.75. The Kier molecular flexibility index (Phi) is 52.5. The van der Waals surface area contributed by atoms with E-state index in [0.717, 1.165) is 54.1 Å². The van der Waals surface area contributed by atoms with Gasteiger partial charge in [-0.2, -0.15) is 0 Å². The third-order valence-electron chi connectivity index (χ3n) is 24.7. The fourth-order valence-corrected chi connectivity index (χ4v) is 18.2. The molecule has 8 rings (SSSR count). The van der Waals surface area contributed by atoms with Crippen LogP contribution in [0.25, 0.3) is 11.1 Å². The molecule has 4 aliphatic heterocycles. The average Bonchev–Trinajstić information content (AvgIpc) is 0.939. The number of methoxy groups -OCH3 is 5. The Bertz CT molecular complexity index is 4270. The number of amides is 2. The van der Waals surface area contributed by atoms with Gasteiger partial charge in [0.15, 0.2) is 15.6 Å². The van der Waals surface area contributed by atoms with Crippen molar-refractivity contribution >= 4 is 62.5 Å². The molecule has 2 bridgehead atoms. The molecule has 2 amide bonds. The number of carbonyl (C=O) groups excluding carboxylic acids is 8. The van der Waals surface area contributed by atoms with Crippen molar-refractivity contribution in [2.75, 3.05) is 159 Å². The standard InChI is InChI=1S/C56H87NO15.C29H33N3O6S.C16H34O6/c1-34-18-13-12-14-19-35(2)46(67-9)32-42-24-22-40(7)56(65,72-42)53(62)54(63)57-26-16-15-20-43(57)55(64)71-47(33-44(58)36(3)29-39(6)51(61)52(69-11)50(60)38(5)28-34)37(4)30-41-23-25-45(48(31-41)68-10)70-49(59)21-17-27-66-8;1-20-16-25(39(35,36)15-3-4-24(33)11-13-37-2)7-8-26(20)29(34)32-12-14-38-27-9-5-21(17-23(27)19-32)22-6-10-28(30)31-18-22;1-3-5-17-7-9-19-11-13-21-15-16-22-14-12-20-10-8-18-6-4-2/h12-14,18-19,29,34,36-38,40-43,45-48,51-52,61,65H,15-17,20-28,30-33H2,1-11H3;5-10,16-18H,3-4,11-15,19H2,1-2H3,(H2,30,31);3-16H2,1-2H3/b14-12+,18-13+,35-19+,39-29+;;/t34-,36-,37-,38-,40-,41+,42+,43+,45-,46+,47+,48-,51-,52+,56-;;/m1../s1. The number of sulfone groups is 1. The second kappa shape index (κ2) is 61.3. The molecule has 31 nitrogen and oxygen atoms in total. The first kappa shape index (κ1) is 114. The number of aliphatic hydroxyl groups excluding tert-OH is 1. The fraction of sp³-hybridized carbons (Fsp3) is 0.673. The number of allylic oxidation sites excluding steroid dienone is 6. The summed E-state index contributed by atoms with van der Waals surface area (Å²) in [5.41, 5.74) is 10.7. The Labute approximate surface area is 789 Å². The molecule has 32 heteroatoms. The number of cyclic esters (lactones) is 1. The van der Waals surface area contributed by atoms with Crippen LogP contribution in [0.1, 0.15) is 206 Å². The SMILES string of the molecule is CCCOCCOCCOCCOCCOCCOCCC.COCCC(=O)CCCS(=O)(=O)c1ccc(C(=O)N2CCOc3ccc(-c4ccc(N)nc4)cc3C2)c(C)c1.COCCCC(=O)O[C@@H]1CC[C@@H](C[C@@H](C)[C@@H]2CC(=O)[C@H](C)/C=C(\C)[C@@H](O)[C@@H](OC)C(=O)[C@H](C)C[C@H](C)/C=C/C=C/C=C(\C)[C@@H](OC)C[C@@H]3CC[C@@H](C)[C@@](O)(O3)C(=O)C(=O)N3CCCC[C@H]3C(=O)O2)C[C@H]1OC. The van der Waals surface area contributed by atoms with Gasteiger partial charge in [0.1, 0.15) is 60.2 Å². The van der Waals surface area contributed by atoms with Gasteiger partial charge in [-0.3, -0.25) is 33.6 Å². The molecule has 0 radical (unpaired) electrons. The Balaban J connectivity index is 0.000000368. The highest BCUT2D eigenvalue weighted by molar-refractivity contribution is 7.91. The zero-order chi connectivity index (χ0) is 97.4. The molecule has 2 saturated heterocycles. The number of fused-ring (bicyclic) bond motifs is 4. The van der Waals surface area contributed by atoms with E-state index in [1.54, 1.807) is 78.3 Å². The lowest BCUT2D eigenvalue weighted by Gasteiger charge is -2.42. The molecule has 3 aromatic rings. The van der Waals surface area contributed by atoms with Crippen molar-refractivity contribution in [1.82, 2.24) is 14.8 Å². The van der Waals surface area contributed by atoms with E-state index >= 15 is 0 Å². The number of ketones is 4. The van der Waals surface area contributed by atoms with E-state index in [4.69, 9.17) is 76.8 Å². The summed E-state index contributed by atoms with van der Waals surface area (Å²) in [7, 11) is 4.04. The highest BCUT2D eigenvalue weighted by Gasteiger charge is 2.53. The summed E-state index contributed by atoms with van der Waals surface area (Å²) >= 11 is 0. The van der Waals surface area contributed by atoms with Crippen molar-refractivity contribution in [3.05, 3.63) is 119 Å². The summed E-state index contributed by atoms with van der Waals surface area (Å²) in [6.07, 6.45) is 16.2. The molecule has 1 aliphatic carbocycles. The van der Waals surface area contributed by atoms with Gasteiger partial charge in [-0.15, -0.1) is 0 Å². The minimum absolute atomic E-state index is 0.00669. The highest BCUT2D eigenvalue weighted by Crippen LogP contribution is 2.40. The summed E-state index contributed by atoms with van der Waals surface area (Å²) < 4.78 is 109. The maximum Gasteiger partial charge on any atom is 0.329 e. The van der Waals surface area contributed by atoms with Crippen molar-refractivity contribution in [2.45, 2.75) is 257 Å². The van der Waals surface area contributed by atoms with E-state index in [-0.39, 0.29) is 109 Å². The number of benzene rings is 2. The molecule has 0 spiro atoms. The van der Waals surface area contributed by atoms with Crippen LogP contribution in [-0.4, -0.2) is 288 Å². The largest absolute Gasteiger partial charge is 0.491 e. The Hall–Kier alpha value is -7.90. The summed E-state index contributed by atoms with van der Waals surface area (Å²) in [5, 5.41) is 23.5. The lowest BCUT2D eigenvalue weighted by molar-refractivity contribution is -0.265. The van der Waals surface area contributed by atoms with E-state index in [2.05, 4.69) is 18.8 Å². The van der Waals surface area contributed by atoms with Crippen molar-refractivity contribution in [1.29, 1.82) is 0 Å². The van der Waals surface area contributed by atoms with Crippen molar-refractivity contribution in [2.24, 2.45) is 35.5 Å². The number of hydrogen-bond acceptors (Lipinski definition) is 29. The number of nitrogen functional groups attached to an aromatic ring is 1. The zero-order valence-corrected chi connectivity index (χ0v) is 82.4. The summed E-state index contributed by atoms with van der Waals surface area (Å²) in [6, 6.07) is 12.9. The molecule has 15 atom stereocenters. The number of anilines is 1. The van der Waals surface area contributed by atoms with Gasteiger partial charge in [0.2, 0.25) is 5.79 Å². The summed E-state index contributed by atoms with van der Waals surface area (Å²) in [6.45, 7) is 28.1. The minimum Gasteiger partial charge on any atom is -0.491 e. The second-order valence-corrected chi connectivity index (χ2v) is 37.5. The van der Waals surface area contributed by atoms with Crippen molar-refractivity contribution in [3.63, 3.8) is 0 Å². The number of aryl methyl sites for hydroxylation is 1. The quantitative estimate of drug-likeness (QED) is 0.0206. The molecular weight excluding hydrogens is 1730 g/mol. The van der Waals surface area contributed by atoms with Crippen LogP contribution in [0.2, 0.25) is 0 Å². The predicted octanol–water partition coefficient (Wildman–Crippen LogP) is 12.9. The zero-order valence-electron chi connectivity index (χ0n) is 81.5. The first-order valence-electron chi connectivity index (χ1n) is 47.5. The maximum absolute atomic E-state index is 14.5. The smallest absolute Gasteiger partial charge is 0.329 e. The van der Waals surface area contributed by atoms with Crippen molar-refractivity contribution in [3.8, 4) is 16.9 Å². The van der Waals surface area contributed by atoms with E-state index in [1.807, 2.05) is 82.3 Å². The lowest BCUT2D eigenvalue weighted by atomic mass is 9.78. The van der Waals surface area contributed by atoms with E-state index in [0.29, 0.717) is 192 Å². The fourth-order valence-electron chi connectivity index (χ4n) is 16.8. The monoisotopic (exact) mass is 1890 g/mol. The predicted molar refractivity (Wildman–Crippen MR) is 504 cm³/mol. The van der Waals surface area contributed by atoms with E-state index in [9.17, 15) is 57.0 Å². The molecule has 4 N–H and O–H groups in total. The van der Waals surface area contributed by atoms with E-state index < -0.39 is 93.7 Å². The van der Waals surface area contributed by atoms with Crippen LogP contribution in [0, 0.1) is 42.4 Å². The molecule has 3 fully saturated rings. The molecule has 1 saturated carbocycles. The maximum atomic E-state index is 14.5. The van der Waals surface area contributed by atoms with Gasteiger partial charge >= 0.3 is 11.9 Å². The van der Waals surface area contributed by atoms with Gasteiger partial charge in [0.05, 0.1) is 108 Å². The topological polar surface area (TPSA) is 395 Å². The number of hydrogen-bond donors (Lipinski definition) is 3. The minimum atomic E-state index is -3.59. The average molecular weight is 1890 g/mol. The van der Waals surface area contributed by atoms with Gasteiger partial charge in [-0.1, -0.05) is 91.0 Å². The van der Waals surface area contributed by atoms with Crippen LogP contribution < -0.4 is 10.5 Å². The number of pyridine rings is 1. The molecule has 746 valence electrons. The van der Waals surface area contributed by atoms with Gasteiger partial charge < -0.3 is 96.8 Å². The number of nitrogens with zero attached hydrogens (tertiary/aromatic N) is 3. The Morgan fingerprint density at radius 2 is 1.32 bits per heavy atom. The van der Waals surface area contributed by atoms with Crippen LogP contribution >= 0.6 is 0 Å². The lowest BCUT2D eigenvalue weighted by Crippen LogP contribution is -2.61. The first-order valence-corrected chi connectivity index (χ1v) is 49.2.